The van der Waals surface area contributed by atoms with Crippen molar-refractivity contribution in [2.45, 2.75) is 76.1 Å². The largest absolute Gasteiger partial charge is 0.507 e. The maximum atomic E-state index is 14.1. The number of Topliss-reactive ketones (excluding diaryl/α,β-unsaturated/α-hetero) is 4. The number of aromatic hydroxyl groups is 1. The van der Waals surface area contributed by atoms with Gasteiger partial charge in [-0.05, 0) is 69.4 Å². The molecule has 1 amide bonds. The molecule has 5 rings (SSSR count). The van der Waals surface area contributed by atoms with Crippen LogP contribution >= 0.6 is 0 Å². The van der Waals surface area contributed by atoms with E-state index in [0.717, 1.165) is 30.6 Å². The number of aliphatic hydroxyl groups is 1. The third kappa shape index (κ3) is 4.80. The molecule has 2 unspecified atom stereocenters. The van der Waals surface area contributed by atoms with E-state index in [4.69, 9.17) is 5.73 Å². The Kier molecular flexibility index (Phi) is 8.30. The lowest BCUT2D eigenvalue weighted by Crippen LogP contribution is -2.74. The minimum atomic E-state index is -2.72. The number of rotatable bonds is 7. The summed E-state index contributed by atoms with van der Waals surface area (Å²) in [5.74, 6) is -10.3. The smallest absolute Gasteiger partial charge is 0.235 e. The van der Waals surface area contributed by atoms with Gasteiger partial charge >= 0.3 is 0 Å². The zero-order valence-corrected chi connectivity index (χ0v) is 25.8. The van der Waals surface area contributed by atoms with Crippen LogP contribution in [0.1, 0.15) is 66.9 Å². The molecule has 0 spiro atoms. The van der Waals surface area contributed by atoms with E-state index in [-0.39, 0.29) is 24.2 Å². The number of carbonyl (C=O) groups is 5. The number of fused-ring (bicyclic) bond motifs is 3. The third-order valence-electron chi connectivity index (χ3n) is 10.4. The number of hydrogen-bond donors (Lipinski definition) is 3. The van der Waals surface area contributed by atoms with Crippen molar-refractivity contribution in [1.82, 2.24) is 9.80 Å². The quantitative estimate of drug-likeness (QED) is 0.389. The molecule has 0 heterocycles. The van der Waals surface area contributed by atoms with Crippen LogP contribution in [0.2, 0.25) is 0 Å². The van der Waals surface area contributed by atoms with Crippen molar-refractivity contribution in [3.05, 3.63) is 22.8 Å². The van der Waals surface area contributed by atoms with Gasteiger partial charge in [0.15, 0.2) is 34.7 Å². The molecule has 234 valence electrons. The molecule has 0 radical (unpaired) electrons. The molecule has 0 aliphatic heterocycles. The number of ketones is 4. The fourth-order valence-corrected chi connectivity index (χ4v) is 8.57. The number of phenols is 1. The van der Waals surface area contributed by atoms with Gasteiger partial charge in [-0.25, -0.2) is 0 Å². The van der Waals surface area contributed by atoms with E-state index in [1.165, 1.54) is 24.2 Å². The van der Waals surface area contributed by atoms with Crippen LogP contribution in [0.3, 0.4) is 0 Å². The summed E-state index contributed by atoms with van der Waals surface area (Å²) in [5, 5.41) is 23.1. The first-order valence-corrected chi connectivity index (χ1v) is 15.4. The minimum absolute atomic E-state index is 0.0276. The summed E-state index contributed by atoms with van der Waals surface area (Å²) >= 11 is 0. The van der Waals surface area contributed by atoms with Gasteiger partial charge in [0.25, 0.3) is 0 Å². The second kappa shape index (κ2) is 11.4. The number of nitrogens with two attached hydrogens (primary N) is 1. The number of carbonyl (C=O) groups excluding carboxylic acids is 5. The summed E-state index contributed by atoms with van der Waals surface area (Å²) in [4.78, 5) is 73.0. The highest BCUT2D eigenvalue weighted by Gasteiger charge is 2.69. The number of amides is 1. The van der Waals surface area contributed by atoms with Gasteiger partial charge in [-0.15, -0.1) is 0 Å². The Bertz CT molecular complexity index is 1370. The lowest BCUT2D eigenvalue weighted by atomic mass is 9.52. The standard InChI is InChI=1S/C32H44N4O7/c1-6-36(18-10-8-7-9-11-18)15-17-14-21(37)23-19(25(17)34(2)3)12-16-13-20-26(35(4)5)28(39)24(31(33)42)30(41)32(20,43)29(40)22(16)27(23)38/h14,16,18,20,22,24,26,37,43H,6-13,15H2,1-5H3,(H2,33,42)/t16-,20-,22?,24?,26-,32-/m0/s1. The molecule has 43 heavy (non-hydrogen) atoms. The van der Waals surface area contributed by atoms with Crippen molar-refractivity contribution in [2.24, 2.45) is 29.4 Å². The van der Waals surface area contributed by atoms with E-state index in [1.54, 1.807) is 20.2 Å². The van der Waals surface area contributed by atoms with Gasteiger partial charge in [0.1, 0.15) is 5.75 Å². The van der Waals surface area contributed by atoms with E-state index in [2.05, 4.69) is 11.8 Å². The topological polar surface area (TPSA) is 162 Å². The number of likely N-dealkylation sites (N-methyl/N-ethyl adjacent to an activating group) is 1. The predicted octanol–water partition coefficient (Wildman–Crippen LogP) is 1.09. The first-order valence-electron chi connectivity index (χ1n) is 15.4. The highest BCUT2D eigenvalue weighted by atomic mass is 16.3. The monoisotopic (exact) mass is 596 g/mol. The fraction of sp³-hybridized carbons (Fsp3) is 0.656. The molecule has 0 saturated heterocycles. The van der Waals surface area contributed by atoms with Gasteiger partial charge in [-0.3, -0.25) is 33.8 Å². The molecule has 1 aromatic rings. The Morgan fingerprint density at radius 1 is 1.05 bits per heavy atom. The van der Waals surface area contributed by atoms with Crippen LogP contribution in [0.4, 0.5) is 5.69 Å². The van der Waals surface area contributed by atoms with Crippen LogP contribution in [0.25, 0.3) is 0 Å². The van der Waals surface area contributed by atoms with E-state index >= 15 is 0 Å². The lowest BCUT2D eigenvalue weighted by molar-refractivity contribution is -0.181. The number of phenolic OH excluding ortho intramolecular Hbond substituents is 1. The molecule has 0 bridgehead atoms. The molecular formula is C32H44N4O7. The van der Waals surface area contributed by atoms with Gasteiger partial charge in [0, 0.05) is 38.3 Å². The minimum Gasteiger partial charge on any atom is -0.507 e. The van der Waals surface area contributed by atoms with Crippen molar-refractivity contribution in [3.63, 3.8) is 0 Å². The van der Waals surface area contributed by atoms with E-state index in [9.17, 15) is 34.2 Å². The van der Waals surface area contributed by atoms with Gasteiger partial charge in [-0.2, -0.15) is 0 Å². The normalized spacial score (nSPS) is 31.2. The van der Waals surface area contributed by atoms with Crippen LogP contribution in [0, 0.1) is 23.7 Å². The molecule has 0 aromatic heterocycles. The third-order valence-corrected chi connectivity index (χ3v) is 10.4. The van der Waals surface area contributed by atoms with Gasteiger partial charge < -0.3 is 20.8 Å². The lowest BCUT2D eigenvalue weighted by Gasteiger charge is -2.52. The molecular weight excluding hydrogens is 552 g/mol. The average Bonchev–Trinajstić information content (AvgIpc) is 2.93. The second-order valence-electron chi connectivity index (χ2n) is 13.3. The number of hydrogen-bond acceptors (Lipinski definition) is 10. The van der Waals surface area contributed by atoms with Crippen LogP contribution in [-0.4, -0.2) is 101 Å². The van der Waals surface area contributed by atoms with Crippen molar-refractivity contribution in [2.75, 3.05) is 39.6 Å². The first kappa shape index (κ1) is 31.3. The Morgan fingerprint density at radius 2 is 1.70 bits per heavy atom. The van der Waals surface area contributed by atoms with Crippen molar-refractivity contribution in [3.8, 4) is 5.75 Å². The zero-order valence-electron chi connectivity index (χ0n) is 25.8. The zero-order chi connectivity index (χ0) is 31.5. The van der Waals surface area contributed by atoms with E-state index in [0.29, 0.717) is 18.2 Å². The SMILES string of the molecule is CCN(Cc1cc(O)c2c(c1N(C)C)C[C@H]1C[C@H]3[C@H](N(C)C)C(=O)C(C(N)=O)C(=O)[C@@]3(O)C(=O)C1C2=O)C1CCCCC1. The number of nitrogens with zero attached hydrogens (tertiary/aromatic N) is 3. The van der Waals surface area contributed by atoms with Crippen LogP contribution in [-0.2, 0) is 32.1 Å². The molecule has 11 heteroatoms. The highest BCUT2D eigenvalue weighted by Crippen LogP contribution is 2.52. The molecule has 1 aromatic carbocycles. The van der Waals surface area contributed by atoms with Crippen LogP contribution in [0.15, 0.2) is 6.07 Å². The number of anilines is 1. The fourth-order valence-electron chi connectivity index (χ4n) is 8.57. The van der Waals surface area contributed by atoms with Gasteiger partial charge in [-0.1, -0.05) is 26.2 Å². The van der Waals surface area contributed by atoms with Crippen molar-refractivity contribution < 1.29 is 34.2 Å². The number of primary amides is 1. The van der Waals surface area contributed by atoms with E-state index < -0.39 is 64.4 Å². The summed E-state index contributed by atoms with van der Waals surface area (Å²) in [5.41, 5.74) is 5.04. The summed E-state index contributed by atoms with van der Waals surface area (Å²) in [7, 11) is 6.93. The molecule has 3 saturated carbocycles. The van der Waals surface area contributed by atoms with Crippen LogP contribution in [0.5, 0.6) is 5.75 Å². The molecule has 4 N–H and O–H groups in total. The van der Waals surface area contributed by atoms with Gasteiger partial charge in [0.2, 0.25) is 5.91 Å². The first-order chi connectivity index (χ1) is 20.2. The van der Waals surface area contributed by atoms with Crippen molar-refractivity contribution >= 4 is 34.7 Å². The Hall–Kier alpha value is -3.15. The average molecular weight is 597 g/mol. The summed E-state index contributed by atoms with van der Waals surface area (Å²) in [6, 6.07) is 0.932. The Labute approximate surface area is 252 Å². The van der Waals surface area contributed by atoms with Crippen molar-refractivity contribution in [1.29, 1.82) is 0 Å². The predicted molar refractivity (Wildman–Crippen MR) is 159 cm³/mol. The van der Waals surface area contributed by atoms with Crippen LogP contribution < -0.4 is 10.6 Å². The number of benzene rings is 1. The molecule has 4 aliphatic rings. The Balaban J connectivity index is 1.59. The highest BCUT2D eigenvalue weighted by molar-refractivity contribution is 6.32. The van der Waals surface area contributed by atoms with E-state index in [1.807, 2.05) is 19.0 Å². The molecule has 3 fully saturated rings. The maximum absolute atomic E-state index is 14.1. The maximum Gasteiger partial charge on any atom is 0.235 e. The summed E-state index contributed by atoms with van der Waals surface area (Å²) < 4.78 is 0. The van der Waals surface area contributed by atoms with Gasteiger partial charge in [0.05, 0.1) is 17.5 Å². The summed E-state index contributed by atoms with van der Waals surface area (Å²) in [6.45, 7) is 3.56. The molecule has 6 atom stereocenters. The molecule has 11 nitrogen and oxygen atoms in total. The Morgan fingerprint density at radius 3 is 2.26 bits per heavy atom. The second-order valence-corrected chi connectivity index (χ2v) is 13.3. The summed E-state index contributed by atoms with van der Waals surface area (Å²) in [6.07, 6.45) is 6.15. The molecule has 4 aliphatic carbocycles.